The van der Waals surface area contributed by atoms with Crippen LogP contribution in [0.15, 0.2) is 42.5 Å². The number of aryl methyl sites for hydroxylation is 2. The van der Waals surface area contributed by atoms with Gasteiger partial charge in [0.05, 0.1) is 13.0 Å². The number of nitrogens with one attached hydrogen (secondary N) is 1. The number of hydrogen-bond donors (Lipinski definition) is 2. The summed E-state index contributed by atoms with van der Waals surface area (Å²) in [5.41, 5.74) is 9.16. The molecule has 4 nitrogen and oxygen atoms in total. The van der Waals surface area contributed by atoms with Crippen LogP contribution in [0.5, 0.6) is 5.75 Å². The van der Waals surface area contributed by atoms with Crippen molar-refractivity contribution >= 4 is 17.3 Å². The molecule has 0 radical (unpaired) electrons. The number of carbonyl (C=O) groups excluding carboxylic acids is 1. The molecular formula is C17H20N2O2. The van der Waals surface area contributed by atoms with Crippen molar-refractivity contribution in [3.8, 4) is 5.75 Å². The monoisotopic (exact) mass is 284 g/mol. The highest BCUT2D eigenvalue weighted by Crippen LogP contribution is 2.22. The van der Waals surface area contributed by atoms with Crippen LogP contribution in [-0.4, -0.2) is 12.5 Å². The molecule has 0 saturated carbocycles. The normalized spacial score (nSPS) is 10.2. The highest BCUT2D eigenvalue weighted by molar-refractivity contribution is 5.90. The van der Waals surface area contributed by atoms with Crippen LogP contribution in [-0.2, 0) is 4.79 Å². The van der Waals surface area contributed by atoms with Crippen LogP contribution in [0.1, 0.15) is 17.5 Å². The average Bonchev–Trinajstić information content (AvgIpc) is 2.45. The molecule has 21 heavy (non-hydrogen) atoms. The minimum atomic E-state index is -0.0778. The van der Waals surface area contributed by atoms with Gasteiger partial charge in [-0.2, -0.15) is 0 Å². The number of carbonyl (C=O) groups is 1. The zero-order valence-electron chi connectivity index (χ0n) is 12.3. The number of nitrogens with two attached hydrogens (primary N) is 1. The van der Waals surface area contributed by atoms with Gasteiger partial charge in [0, 0.05) is 11.4 Å². The molecule has 0 aliphatic carbocycles. The third-order valence-corrected chi connectivity index (χ3v) is 3.18. The van der Waals surface area contributed by atoms with Gasteiger partial charge in [-0.05, 0) is 49.2 Å². The Morgan fingerprint density at radius 1 is 1.10 bits per heavy atom. The first-order valence-corrected chi connectivity index (χ1v) is 6.90. The van der Waals surface area contributed by atoms with Gasteiger partial charge in [0.15, 0.2) is 0 Å². The van der Waals surface area contributed by atoms with Gasteiger partial charge in [0.1, 0.15) is 5.75 Å². The highest BCUT2D eigenvalue weighted by atomic mass is 16.5. The first kappa shape index (κ1) is 14.9. The van der Waals surface area contributed by atoms with E-state index in [0.717, 1.165) is 22.6 Å². The van der Waals surface area contributed by atoms with E-state index in [-0.39, 0.29) is 5.91 Å². The Balaban J connectivity index is 1.83. The molecule has 0 atom stereocenters. The average molecular weight is 284 g/mol. The fourth-order valence-electron chi connectivity index (χ4n) is 2.06. The third-order valence-electron chi connectivity index (χ3n) is 3.18. The van der Waals surface area contributed by atoms with Gasteiger partial charge < -0.3 is 15.8 Å². The second-order valence-electron chi connectivity index (χ2n) is 4.99. The maximum Gasteiger partial charge on any atom is 0.227 e. The van der Waals surface area contributed by atoms with Gasteiger partial charge in [0.2, 0.25) is 5.91 Å². The van der Waals surface area contributed by atoms with E-state index in [4.69, 9.17) is 10.5 Å². The van der Waals surface area contributed by atoms with Crippen LogP contribution in [0.4, 0.5) is 11.4 Å². The summed E-state index contributed by atoms with van der Waals surface area (Å²) in [6.45, 7) is 4.35. The molecule has 0 aliphatic heterocycles. The predicted molar refractivity (Wildman–Crippen MR) is 85.5 cm³/mol. The summed E-state index contributed by atoms with van der Waals surface area (Å²) in [5.74, 6) is 0.781. The maximum atomic E-state index is 11.8. The number of hydrogen-bond acceptors (Lipinski definition) is 3. The summed E-state index contributed by atoms with van der Waals surface area (Å²) >= 11 is 0. The van der Waals surface area contributed by atoms with Crippen molar-refractivity contribution < 1.29 is 9.53 Å². The molecule has 3 N–H and O–H groups in total. The van der Waals surface area contributed by atoms with Gasteiger partial charge in [-0.1, -0.05) is 18.2 Å². The molecule has 0 aromatic heterocycles. The van der Waals surface area contributed by atoms with Gasteiger partial charge >= 0.3 is 0 Å². The number of anilines is 2. The van der Waals surface area contributed by atoms with Gasteiger partial charge in [-0.3, -0.25) is 4.79 Å². The number of benzene rings is 2. The van der Waals surface area contributed by atoms with Crippen molar-refractivity contribution in [3.63, 3.8) is 0 Å². The number of para-hydroxylation sites is 1. The molecule has 0 heterocycles. The smallest absolute Gasteiger partial charge is 0.227 e. The van der Waals surface area contributed by atoms with Crippen molar-refractivity contribution in [1.82, 2.24) is 0 Å². The predicted octanol–water partition coefficient (Wildman–Crippen LogP) is 3.29. The summed E-state index contributed by atoms with van der Waals surface area (Å²) in [5, 5.41) is 2.81. The first-order chi connectivity index (χ1) is 10.1. The lowest BCUT2D eigenvalue weighted by Crippen LogP contribution is -2.15. The zero-order valence-corrected chi connectivity index (χ0v) is 12.3. The fourth-order valence-corrected chi connectivity index (χ4v) is 2.06. The van der Waals surface area contributed by atoms with Crippen LogP contribution in [0.25, 0.3) is 0 Å². The van der Waals surface area contributed by atoms with Crippen LogP contribution in [0.2, 0.25) is 0 Å². The highest BCUT2D eigenvalue weighted by Gasteiger charge is 2.06. The molecule has 0 bridgehead atoms. The summed E-state index contributed by atoms with van der Waals surface area (Å²) < 4.78 is 5.71. The van der Waals surface area contributed by atoms with Crippen molar-refractivity contribution in [1.29, 1.82) is 0 Å². The topological polar surface area (TPSA) is 64.3 Å². The molecule has 0 saturated heterocycles. The minimum Gasteiger partial charge on any atom is -0.493 e. The van der Waals surface area contributed by atoms with E-state index in [1.807, 2.05) is 32.0 Å². The van der Waals surface area contributed by atoms with E-state index in [1.54, 1.807) is 24.3 Å². The Morgan fingerprint density at radius 2 is 1.71 bits per heavy atom. The number of ether oxygens (including phenoxy) is 1. The molecule has 0 aliphatic rings. The Bertz CT molecular complexity index is 601. The lowest BCUT2D eigenvalue weighted by Gasteiger charge is -2.12. The van der Waals surface area contributed by atoms with E-state index in [0.29, 0.717) is 18.7 Å². The van der Waals surface area contributed by atoms with E-state index >= 15 is 0 Å². The first-order valence-electron chi connectivity index (χ1n) is 6.90. The van der Waals surface area contributed by atoms with Gasteiger partial charge in [0.25, 0.3) is 0 Å². The summed E-state index contributed by atoms with van der Waals surface area (Å²) in [7, 11) is 0. The summed E-state index contributed by atoms with van der Waals surface area (Å²) in [6, 6.07) is 13.0. The van der Waals surface area contributed by atoms with E-state index < -0.39 is 0 Å². The Labute approximate surface area is 124 Å². The molecular weight excluding hydrogens is 264 g/mol. The van der Waals surface area contributed by atoms with E-state index in [1.165, 1.54) is 0 Å². The SMILES string of the molecule is Cc1cccc(C)c1OCCC(=O)Nc1ccc(N)cc1. The van der Waals surface area contributed by atoms with Crippen LogP contribution >= 0.6 is 0 Å². The molecule has 0 spiro atoms. The van der Waals surface area contributed by atoms with Crippen molar-refractivity contribution in [2.75, 3.05) is 17.7 Å². The molecule has 0 unspecified atom stereocenters. The second kappa shape index (κ2) is 6.79. The Hall–Kier alpha value is -2.49. The molecule has 4 heteroatoms. The standard InChI is InChI=1S/C17H20N2O2/c1-12-4-3-5-13(2)17(12)21-11-10-16(20)19-15-8-6-14(18)7-9-15/h3-9H,10-11,18H2,1-2H3,(H,19,20). The zero-order chi connectivity index (χ0) is 15.2. The van der Waals surface area contributed by atoms with Crippen LogP contribution in [0, 0.1) is 13.8 Å². The van der Waals surface area contributed by atoms with Gasteiger partial charge in [-0.25, -0.2) is 0 Å². The molecule has 110 valence electrons. The quantitative estimate of drug-likeness (QED) is 0.828. The number of rotatable bonds is 5. The number of amides is 1. The molecule has 2 rings (SSSR count). The Morgan fingerprint density at radius 3 is 2.33 bits per heavy atom. The largest absolute Gasteiger partial charge is 0.493 e. The summed E-state index contributed by atoms with van der Waals surface area (Å²) in [4.78, 5) is 11.8. The van der Waals surface area contributed by atoms with E-state index in [9.17, 15) is 4.79 Å². The molecule has 0 fully saturated rings. The van der Waals surface area contributed by atoms with E-state index in [2.05, 4.69) is 5.32 Å². The summed E-state index contributed by atoms with van der Waals surface area (Å²) in [6.07, 6.45) is 0.304. The second-order valence-corrected chi connectivity index (χ2v) is 4.99. The molecule has 2 aromatic carbocycles. The minimum absolute atomic E-state index is 0.0778. The van der Waals surface area contributed by atoms with Crippen LogP contribution in [0.3, 0.4) is 0 Å². The van der Waals surface area contributed by atoms with Crippen molar-refractivity contribution in [2.45, 2.75) is 20.3 Å². The van der Waals surface area contributed by atoms with Crippen LogP contribution < -0.4 is 15.8 Å². The lowest BCUT2D eigenvalue weighted by molar-refractivity contribution is -0.116. The van der Waals surface area contributed by atoms with Crippen molar-refractivity contribution in [3.05, 3.63) is 53.6 Å². The fraction of sp³-hybridized carbons (Fsp3) is 0.235. The lowest BCUT2D eigenvalue weighted by atomic mass is 10.1. The third kappa shape index (κ3) is 4.24. The molecule has 2 aromatic rings. The maximum absolute atomic E-state index is 11.8. The Kier molecular flexibility index (Phi) is 4.82. The van der Waals surface area contributed by atoms with Crippen molar-refractivity contribution in [2.24, 2.45) is 0 Å². The number of nitrogen functional groups attached to an aromatic ring is 1. The van der Waals surface area contributed by atoms with Gasteiger partial charge in [-0.15, -0.1) is 0 Å². The molecule has 1 amide bonds.